The smallest absolute Gasteiger partial charge is 0.267 e. The zero-order chi connectivity index (χ0) is 15.6. The van der Waals surface area contributed by atoms with Crippen LogP contribution >= 0.6 is 0 Å². The SMILES string of the molecule is CCn1c(C(=O)NCC(C)(C)C(N)=O)cc2ccccc21. The highest BCUT2D eigenvalue weighted by atomic mass is 16.2. The van der Waals surface area contributed by atoms with E-state index in [1.54, 1.807) is 13.8 Å². The molecule has 0 fully saturated rings. The molecule has 2 rings (SSSR count). The van der Waals surface area contributed by atoms with Gasteiger partial charge in [-0.1, -0.05) is 18.2 Å². The number of carbonyl (C=O) groups is 2. The first-order valence-corrected chi connectivity index (χ1v) is 7.03. The molecule has 1 aromatic heterocycles. The van der Waals surface area contributed by atoms with Crippen LogP contribution in [0.3, 0.4) is 0 Å². The Kier molecular flexibility index (Phi) is 4.02. The molecule has 0 spiro atoms. The molecule has 112 valence electrons. The van der Waals surface area contributed by atoms with Crippen molar-refractivity contribution in [1.82, 2.24) is 9.88 Å². The van der Waals surface area contributed by atoms with Crippen LogP contribution in [0.15, 0.2) is 30.3 Å². The fraction of sp³-hybridized carbons (Fsp3) is 0.375. The average Bonchev–Trinajstić information content (AvgIpc) is 2.83. The fourth-order valence-electron chi connectivity index (χ4n) is 2.22. The summed E-state index contributed by atoms with van der Waals surface area (Å²) in [5, 5.41) is 3.82. The van der Waals surface area contributed by atoms with E-state index in [4.69, 9.17) is 5.73 Å². The van der Waals surface area contributed by atoms with Gasteiger partial charge in [0.15, 0.2) is 0 Å². The average molecular weight is 287 g/mol. The molecule has 2 amide bonds. The number of benzene rings is 1. The maximum atomic E-state index is 12.4. The molecule has 3 N–H and O–H groups in total. The Labute approximate surface area is 124 Å². The topological polar surface area (TPSA) is 77.1 Å². The van der Waals surface area contributed by atoms with Gasteiger partial charge < -0.3 is 15.6 Å². The Morgan fingerprint density at radius 2 is 1.95 bits per heavy atom. The number of hydrogen-bond acceptors (Lipinski definition) is 2. The lowest BCUT2D eigenvalue weighted by atomic mass is 9.93. The molecule has 0 saturated carbocycles. The van der Waals surface area contributed by atoms with Crippen molar-refractivity contribution in [2.45, 2.75) is 27.3 Å². The molecule has 0 aliphatic carbocycles. The van der Waals surface area contributed by atoms with E-state index >= 15 is 0 Å². The van der Waals surface area contributed by atoms with Crippen LogP contribution < -0.4 is 11.1 Å². The van der Waals surface area contributed by atoms with E-state index < -0.39 is 11.3 Å². The van der Waals surface area contributed by atoms with Gasteiger partial charge in [-0.3, -0.25) is 9.59 Å². The van der Waals surface area contributed by atoms with Crippen LogP contribution in [-0.2, 0) is 11.3 Å². The first-order valence-electron chi connectivity index (χ1n) is 7.03. The summed E-state index contributed by atoms with van der Waals surface area (Å²) in [4.78, 5) is 23.7. The number of nitrogens with two attached hydrogens (primary N) is 1. The molecule has 0 saturated heterocycles. The van der Waals surface area contributed by atoms with Crippen LogP contribution in [0.25, 0.3) is 10.9 Å². The fourth-order valence-corrected chi connectivity index (χ4v) is 2.22. The second kappa shape index (κ2) is 5.60. The number of rotatable bonds is 5. The number of hydrogen-bond donors (Lipinski definition) is 2. The first-order chi connectivity index (χ1) is 9.86. The second-order valence-electron chi connectivity index (χ2n) is 5.76. The number of fused-ring (bicyclic) bond motifs is 1. The molecule has 0 radical (unpaired) electrons. The number of aryl methyl sites for hydroxylation is 1. The largest absolute Gasteiger partial charge is 0.369 e. The molecule has 0 bridgehead atoms. The predicted octanol–water partition coefficient (Wildman–Crippen LogP) is 1.90. The van der Waals surface area contributed by atoms with E-state index in [-0.39, 0.29) is 12.5 Å². The summed E-state index contributed by atoms with van der Waals surface area (Å²) < 4.78 is 1.96. The lowest BCUT2D eigenvalue weighted by Crippen LogP contribution is -2.42. The lowest BCUT2D eigenvalue weighted by molar-refractivity contribution is -0.125. The van der Waals surface area contributed by atoms with Crippen LogP contribution in [0.2, 0.25) is 0 Å². The van der Waals surface area contributed by atoms with E-state index in [0.717, 1.165) is 10.9 Å². The molecule has 0 aliphatic heterocycles. The summed E-state index contributed by atoms with van der Waals surface area (Å²) in [5.74, 6) is -0.624. The summed E-state index contributed by atoms with van der Waals surface area (Å²) in [5.41, 5.74) is 6.18. The first kappa shape index (κ1) is 15.1. The van der Waals surface area contributed by atoms with Gasteiger partial charge in [0.05, 0.1) is 5.41 Å². The van der Waals surface area contributed by atoms with Gasteiger partial charge in [0.25, 0.3) is 5.91 Å². The molecular weight excluding hydrogens is 266 g/mol. The molecule has 0 aliphatic rings. The lowest BCUT2D eigenvalue weighted by Gasteiger charge is -2.20. The van der Waals surface area contributed by atoms with Gasteiger partial charge in [-0.15, -0.1) is 0 Å². The van der Waals surface area contributed by atoms with Gasteiger partial charge >= 0.3 is 0 Å². The number of aromatic nitrogens is 1. The third kappa shape index (κ3) is 2.91. The molecule has 0 unspecified atom stereocenters. The van der Waals surface area contributed by atoms with Crippen molar-refractivity contribution >= 4 is 22.7 Å². The van der Waals surface area contributed by atoms with Gasteiger partial charge in [0.2, 0.25) is 5.91 Å². The molecule has 0 atom stereocenters. The number of primary amides is 1. The summed E-state index contributed by atoms with van der Waals surface area (Å²) in [6.07, 6.45) is 0. The van der Waals surface area contributed by atoms with Crippen molar-refractivity contribution in [3.63, 3.8) is 0 Å². The number of carbonyl (C=O) groups excluding carboxylic acids is 2. The van der Waals surface area contributed by atoms with E-state index in [9.17, 15) is 9.59 Å². The molecule has 21 heavy (non-hydrogen) atoms. The number of amides is 2. The predicted molar refractivity (Wildman–Crippen MR) is 82.9 cm³/mol. The third-order valence-corrected chi connectivity index (χ3v) is 3.72. The van der Waals surface area contributed by atoms with Gasteiger partial charge in [-0.05, 0) is 32.9 Å². The van der Waals surface area contributed by atoms with Crippen molar-refractivity contribution in [1.29, 1.82) is 0 Å². The maximum absolute atomic E-state index is 12.4. The molecule has 1 heterocycles. The van der Waals surface area contributed by atoms with Crippen molar-refractivity contribution in [2.75, 3.05) is 6.54 Å². The number of nitrogens with zero attached hydrogens (tertiary/aromatic N) is 1. The summed E-state index contributed by atoms with van der Waals surface area (Å²) in [6, 6.07) is 9.73. The summed E-state index contributed by atoms with van der Waals surface area (Å²) in [7, 11) is 0. The minimum atomic E-state index is -0.765. The van der Waals surface area contributed by atoms with Crippen LogP contribution in [0.1, 0.15) is 31.3 Å². The third-order valence-electron chi connectivity index (χ3n) is 3.72. The van der Waals surface area contributed by atoms with Crippen molar-refractivity contribution < 1.29 is 9.59 Å². The van der Waals surface area contributed by atoms with Crippen molar-refractivity contribution in [3.8, 4) is 0 Å². The number of nitrogens with one attached hydrogen (secondary N) is 1. The second-order valence-corrected chi connectivity index (χ2v) is 5.76. The van der Waals surface area contributed by atoms with Crippen molar-refractivity contribution in [3.05, 3.63) is 36.0 Å². The quantitative estimate of drug-likeness (QED) is 0.881. The Morgan fingerprint density at radius 3 is 2.57 bits per heavy atom. The summed E-state index contributed by atoms with van der Waals surface area (Å²) >= 11 is 0. The van der Waals surface area contributed by atoms with Crippen LogP contribution in [0, 0.1) is 5.41 Å². The molecular formula is C16H21N3O2. The van der Waals surface area contributed by atoms with E-state index in [1.165, 1.54) is 0 Å². The monoisotopic (exact) mass is 287 g/mol. The van der Waals surface area contributed by atoms with E-state index in [1.807, 2.05) is 41.8 Å². The molecule has 5 nitrogen and oxygen atoms in total. The zero-order valence-corrected chi connectivity index (χ0v) is 12.6. The van der Waals surface area contributed by atoms with E-state index in [0.29, 0.717) is 12.2 Å². The van der Waals surface area contributed by atoms with Crippen molar-refractivity contribution in [2.24, 2.45) is 11.1 Å². The van der Waals surface area contributed by atoms with E-state index in [2.05, 4.69) is 5.32 Å². The van der Waals surface area contributed by atoms with Gasteiger partial charge in [-0.2, -0.15) is 0 Å². The summed E-state index contributed by atoms with van der Waals surface area (Å²) in [6.45, 7) is 6.34. The minimum Gasteiger partial charge on any atom is -0.369 e. The Bertz CT molecular complexity index is 686. The van der Waals surface area contributed by atoms with Crippen LogP contribution in [0.5, 0.6) is 0 Å². The van der Waals surface area contributed by atoms with Gasteiger partial charge in [0, 0.05) is 24.0 Å². The Hall–Kier alpha value is -2.30. The normalized spacial score (nSPS) is 11.6. The molecule has 2 aromatic rings. The molecule has 5 heteroatoms. The maximum Gasteiger partial charge on any atom is 0.267 e. The Balaban J connectivity index is 2.26. The molecule has 1 aromatic carbocycles. The zero-order valence-electron chi connectivity index (χ0n) is 12.6. The van der Waals surface area contributed by atoms with Gasteiger partial charge in [-0.25, -0.2) is 0 Å². The highest BCUT2D eigenvalue weighted by Crippen LogP contribution is 2.20. The highest BCUT2D eigenvalue weighted by molar-refractivity contribution is 5.99. The van der Waals surface area contributed by atoms with Crippen LogP contribution in [0.4, 0.5) is 0 Å². The Morgan fingerprint density at radius 1 is 1.29 bits per heavy atom. The minimum absolute atomic E-state index is 0.192. The highest BCUT2D eigenvalue weighted by Gasteiger charge is 2.26. The van der Waals surface area contributed by atoms with Crippen LogP contribution in [-0.4, -0.2) is 22.9 Å². The number of para-hydroxylation sites is 1. The standard InChI is InChI=1S/C16H21N3O2/c1-4-19-12-8-6-5-7-11(12)9-13(19)14(20)18-10-16(2,3)15(17)21/h5-9H,4,10H2,1-3H3,(H2,17,21)(H,18,20). The van der Waals surface area contributed by atoms with Gasteiger partial charge in [0.1, 0.15) is 5.69 Å².